The highest BCUT2D eigenvalue weighted by molar-refractivity contribution is 6.62. The molecule has 0 atom stereocenters. The lowest BCUT2D eigenvalue weighted by molar-refractivity contribution is 0.00578. The minimum Gasteiger partial charge on any atom is -0.399 e. The SMILES string of the molecule is [2H]C1([2H])OC([2H])([2H])C([2H])([2H])N(c2ccc(B3OC(C)(C)C(C)(C)O3)cc2)C1([2H])[2H]. The van der Waals surface area contributed by atoms with Crippen LogP contribution in [0.2, 0.25) is 0 Å². The van der Waals surface area contributed by atoms with Crippen LogP contribution in [0.25, 0.3) is 0 Å². The second-order valence-corrected chi connectivity index (χ2v) is 6.04. The molecule has 2 saturated heterocycles. The predicted octanol–water partition coefficient (Wildman–Crippen LogP) is 1.82. The van der Waals surface area contributed by atoms with E-state index in [4.69, 9.17) is 20.3 Å². The molecule has 2 heterocycles. The molecule has 0 spiro atoms. The molecule has 5 heteroatoms. The molecule has 0 aliphatic carbocycles. The van der Waals surface area contributed by atoms with Gasteiger partial charge in [0.2, 0.25) is 0 Å². The van der Waals surface area contributed by atoms with Crippen LogP contribution in [0.5, 0.6) is 0 Å². The number of rotatable bonds is 2. The van der Waals surface area contributed by atoms with Gasteiger partial charge in [0.1, 0.15) is 0 Å². The zero-order valence-corrected chi connectivity index (χ0v) is 12.6. The van der Waals surface area contributed by atoms with Crippen LogP contribution >= 0.6 is 0 Å². The summed E-state index contributed by atoms with van der Waals surface area (Å²) in [7, 11) is -0.676. The summed E-state index contributed by atoms with van der Waals surface area (Å²) in [6, 6.07) is 5.88. The summed E-state index contributed by atoms with van der Waals surface area (Å²) in [5.41, 5.74) is -0.535. The van der Waals surface area contributed by atoms with E-state index in [9.17, 15) is 0 Å². The van der Waals surface area contributed by atoms with E-state index in [1.807, 2.05) is 27.7 Å². The third kappa shape index (κ3) is 2.82. The number of benzene rings is 1. The van der Waals surface area contributed by atoms with Gasteiger partial charge in [-0.25, -0.2) is 0 Å². The molecule has 0 radical (unpaired) electrons. The van der Waals surface area contributed by atoms with Crippen molar-refractivity contribution in [2.24, 2.45) is 0 Å². The molecule has 2 fully saturated rings. The van der Waals surface area contributed by atoms with Crippen molar-refractivity contribution in [2.75, 3.05) is 31.0 Å². The average molecular weight is 297 g/mol. The molecule has 0 bridgehead atoms. The predicted molar refractivity (Wildman–Crippen MR) is 85.2 cm³/mol. The lowest BCUT2D eigenvalue weighted by atomic mass is 9.79. The third-order valence-electron chi connectivity index (χ3n) is 4.09. The number of hydrogen-bond donors (Lipinski definition) is 0. The van der Waals surface area contributed by atoms with Gasteiger partial charge < -0.3 is 18.9 Å². The number of ether oxygens (including phenoxy) is 1. The lowest BCUT2D eigenvalue weighted by Gasteiger charge is -2.32. The van der Waals surface area contributed by atoms with Crippen molar-refractivity contribution in [3.8, 4) is 0 Å². The minimum absolute atomic E-state index is 0.0451. The van der Waals surface area contributed by atoms with Gasteiger partial charge in [-0.3, -0.25) is 0 Å². The van der Waals surface area contributed by atoms with Gasteiger partial charge >= 0.3 is 7.12 Å². The summed E-state index contributed by atoms with van der Waals surface area (Å²) in [5, 5.41) is 0. The maximum atomic E-state index is 8.12. The summed E-state index contributed by atoms with van der Waals surface area (Å²) >= 11 is 0. The number of morpholine rings is 1. The van der Waals surface area contributed by atoms with Crippen LogP contribution in [0, 0.1) is 0 Å². The van der Waals surface area contributed by atoms with E-state index >= 15 is 0 Å². The van der Waals surface area contributed by atoms with Crippen LogP contribution in [0.3, 0.4) is 0 Å². The van der Waals surface area contributed by atoms with Crippen molar-refractivity contribution >= 4 is 18.3 Å². The van der Waals surface area contributed by atoms with E-state index in [1.165, 1.54) is 12.1 Å². The van der Waals surface area contributed by atoms with Crippen molar-refractivity contribution in [3.05, 3.63) is 24.3 Å². The molecule has 0 amide bonds. The molecule has 2 aliphatic heterocycles. The second kappa shape index (κ2) is 5.31. The molecule has 0 aromatic heterocycles. The van der Waals surface area contributed by atoms with Gasteiger partial charge in [-0.2, -0.15) is 0 Å². The van der Waals surface area contributed by atoms with E-state index in [1.54, 1.807) is 12.1 Å². The summed E-state index contributed by atoms with van der Waals surface area (Å²) in [6.45, 7) is -4.52. The maximum Gasteiger partial charge on any atom is 0.494 e. The van der Waals surface area contributed by atoms with Gasteiger partial charge in [-0.05, 0) is 45.3 Å². The second-order valence-electron chi connectivity index (χ2n) is 6.04. The van der Waals surface area contributed by atoms with Gasteiger partial charge in [-0.15, -0.1) is 0 Å². The highest BCUT2D eigenvalue weighted by Crippen LogP contribution is 2.36. The quantitative estimate of drug-likeness (QED) is 0.779. The van der Waals surface area contributed by atoms with Crippen molar-refractivity contribution in [3.63, 3.8) is 0 Å². The monoisotopic (exact) mass is 297 g/mol. The van der Waals surface area contributed by atoms with Crippen LogP contribution in [0.1, 0.15) is 38.7 Å². The average Bonchev–Trinajstić information content (AvgIpc) is 2.73. The topological polar surface area (TPSA) is 30.9 Å². The van der Waals surface area contributed by atoms with Gasteiger partial charge in [0, 0.05) is 18.7 Å². The number of hydrogen-bond acceptors (Lipinski definition) is 4. The van der Waals surface area contributed by atoms with Crippen LogP contribution in [-0.2, 0) is 14.0 Å². The molecular formula is C16H24BNO3. The zero-order valence-electron chi connectivity index (χ0n) is 20.6. The molecule has 1 aromatic rings. The molecule has 114 valence electrons. The maximum absolute atomic E-state index is 8.12. The third-order valence-corrected chi connectivity index (χ3v) is 4.09. The van der Waals surface area contributed by atoms with E-state index < -0.39 is 44.4 Å². The highest BCUT2D eigenvalue weighted by Gasteiger charge is 2.51. The Morgan fingerprint density at radius 1 is 1.00 bits per heavy atom. The Labute approximate surface area is 138 Å². The smallest absolute Gasteiger partial charge is 0.399 e. The van der Waals surface area contributed by atoms with Crippen molar-refractivity contribution < 1.29 is 25.0 Å². The Bertz CT molecular complexity index is 758. The van der Waals surface area contributed by atoms with E-state index in [-0.39, 0.29) is 5.69 Å². The Hall–Kier alpha value is -1.04. The summed E-state index contributed by atoms with van der Waals surface area (Å²) in [6.07, 6.45) is 0. The first-order valence-corrected chi connectivity index (χ1v) is 6.82. The Kier molecular flexibility index (Phi) is 2.02. The molecule has 0 saturated carbocycles. The first kappa shape index (κ1) is 8.00. The highest BCUT2D eigenvalue weighted by atomic mass is 16.7. The minimum atomic E-state index is -3.09. The molecule has 2 aliphatic rings. The standard InChI is InChI=1S/C16H24BNO3/c1-15(2)16(3,4)21-17(20-15)13-5-7-14(8-6-13)18-9-11-19-12-10-18/h5-8H,9-12H2,1-4H3/i9D2,10D2,11D2,12D2. The van der Waals surface area contributed by atoms with Crippen LogP contribution in [0.4, 0.5) is 5.69 Å². The van der Waals surface area contributed by atoms with Crippen molar-refractivity contribution in [2.45, 2.75) is 38.9 Å². The van der Waals surface area contributed by atoms with Gasteiger partial charge in [0.15, 0.2) is 0 Å². The first-order chi connectivity index (χ1) is 12.9. The van der Waals surface area contributed by atoms with Crippen molar-refractivity contribution in [1.29, 1.82) is 0 Å². The molecule has 21 heavy (non-hydrogen) atoms. The Morgan fingerprint density at radius 3 is 2.05 bits per heavy atom. The van der Waals surface area contributed by atoms with E-state index in [0.717, 1.165) is 0 Å². The normalized spacial score (nSPS) is 39.6. The molecule has 4 nitrogen and oxygen atoms in total. The van der Waals surface area contributed by atoms with Crippen LogP contribution < -0.4 is 10.4 Å². The molecule has 0 N–H and O–H groups in total. The number of nitrogens with zero attached hydrogens (tertiary/aromatic N) is 1. The van der Waals surface area contributed by atoms with Crippen molar-refractivity contribution in [1.82, 2.24) is 0 Å². The van der Waals surface area contributed by atoms with Crippen LogP contribution in [-0.4, -0.2) is 44.4 Å². The molecule has 0 unspecified atom stereocenters. The largest absolute Gasteiger partial charge is 0.494 e. The van der Waals surface area contributed by atoms with Gasteiger partial charge in [-0.1, -0.05) is 12.1 Å². The first-order valence-electron chi connectivity index (χ1n) is 10.8. The van der Waals surface area contributed by atoms with Gasteiger partial charge in [0.25, 0.3) is 0 Å². The van der Waals surface area contributed by atoms with Gasteiger partial charge in [0.05, 0.1) is 35.3 Å². The fourth-order valence-electron chi connectivity index (χ4n) is 2.08. The fraction of sp³-hybridized carbons (Fsp3) is 0.625. The zero-order chi connectivity index (χ0) is 22.3. The summed E-state index contributed by atoms with van der Waals surface area (Å²) < 4.78 is 80.1. The molecule has 1 aromatic carbocycles. The summed E-state index contributed by atoms with van der Waals surface area (Å²) in [4.78, 5) is 0.442. The molecule has 3 rings (SSSR count). The lowest BCUT2D eigenvalue weighted by Crippen LogP contribution is -2.41. The van der Waals surface area contributed by atoms with Crippen LogP contribution in [0.15, 0.2) is 24.3 Å². The fourth-order valence-corrected chi connectivity index (χ4v) is 2.08. The summed E-state index contributed by atoms with van der Waals surface area (Å²) in [5.74, 6) is 0. The molecular weight excluding hydrogens is 265 g/mol. The number of anilines is 1. The Balaban J connectivity index is 1.98. The Morgan fingerprint density at radius 2 is 1.52 bits per heavy atom. The van der Waals surface area contributed by atoms with E-state index in [2.05, 4.69) is 4.74 Å². The van der Waals surface area contributed by atoms with E-state index in [0.29, 0.717) is 10.4 Å².